The number of aromatic nitrogens is 1. The van der Waals surface area contributed by atoms with E-state index in [1.165, 1.54) is 5.56 Å². The van der Waals surface area contributed by atoms with Gasteiger partial charge in [-0.15, -0.1) is 0 Å². The number of rotatable bonds is 6. The first-order valence-corrected chi connectivity index (χ1v) is 8.57. The molecule has 0 saturated carbocycles. The minimum Gasteiger partial charge on any atom is -0.380 e. The van der Waals surface area contributed by atoms with Gasteiger partial charge in [-0.05, 0) is 24.6 Å². The Balaban J connectivity index is 1.60. The number of carbonyl (C=O) groups excluding carboxylic acids is 1. The highest BCUT2D eigenvalue weighted by molar-refractivity contribution is 5.93. The number of likely N-dealkylation sites (tertiary alicyclic amines) is 1. The van der Waals surface area contributed by atoms with Gasteiger partial charge in [0, 0.05) is 57.8 Å². The van der Waals surface area contributed by atoms with E-state index in [1.807, 2.05) is 37.3 Å². The molecule has 0 bridgehead atoms. The molecular weight excluding hydrogens is 318 g/mol. The Morgan fingerprint density at radius 1 is 1.36 bits per heavy atom. The van der Waals surface area contributed by atoms with Gasteiger partial charge in [-0.25, -0.2) is 0 Å². The van der Waals surface area contributed by atoms with E-state index >= 15 is 0 Å². The van der Waals surface area contributed by atoms with Crippen LogP contribution in [-0.2, 0) is 17.7 Å². The van der Waals surface area contributed by atoms with Gasteiger partial charge < -0.3 is 14.6 Å². The molecule has 1 aromatic carbocycles. The molecule has 0 spiro atoms. The van der Waals surface area contributed by atoms with Crippen molar-refractivity contribution in [1.29, 1.82) is 0 Å². The van der Waals surface area contributed by atoms with Gasteiger partial charge in [0.15, 0.2) is 0 Å². The number of aryl methyl sites for hydroxylation is 1. The van der Waals surface area contributed by atoms with Crippen LogP contribution < -0.4 is 5.32 Å². The van der Waals surface area contributed by atoms with Gasteiger partial charge in [-0.2, -0.15) is 0 Å². The van der Waals surface area contributed by atoms with Gasteiger partial charge in [0.1, 0.15) is 5.76 Å². The van der Waals surface area contributed by atoms with Crippen LogP contribution in [0.1, 0.15) is 27.4 Å². The van der Waals surface area contributed by atoms with Crippen LogP contribution in [0.25, 0.3) is 0 Å². The first-order chi connectivity index (χ1) is 12.1. The number of benzene rings is 1. The van der Waals surface area contributed by atoms with Crippen LogP contribution >= 0.6 is 0 Å². The molecule has 0 radical (unpaired) electrons. The molecule has 6 nitrogen and oxygen atoms in total. The molecule has 1 saturated heterocycles. The highest BCUT2D eigenvalue weighted by atomic mass is 16.5. The third kappa shape index (κ3) is 4.27. The average molecular weight is 343 g/mol. The van der Waals surface area contributed by atoms with E-state index in [-0.39, 0.29) is 12.0 Å². The average Bonchev–Trinajstić information content (AvgIpc) is 3.20. The van der Waals surface area contributed by atoms with E-state index in [1.54, 1.807) is 14.2 Å². The maximum atomic E-state index is 11.6. The molecule has 3 rings (SSSR count). The van der Waals surface area contributed by atoms with Crippen molar-refractivity contribution in [3.63, 3.8) is 0 Å². The molecule has 1 fully saturated rings. The number of amides is 1. The van der Waals surface area contributed by atoms with Gasteiger partial charge in [0.2, 0.25) is 0 Å². The molecule has 0 unspecified atom stereocenters. The van der Waals surface area contributed by atoms with Crippen molar-refractivity contribution >= 4 is 5.91 Å². The van der Waals surface area contributed by atoms with E-state index < -0.39 is 0 Å². The second-order valence-corrected chi connectivity index (χ2v) is 6.64. The lowest BCUT2D eigenvalue weighted by Crippen LogP contribution is -2.23. The molecule has 2 heterocycles. The summed E-state index contributed by atoms with van der Waals surface area (Å²) < 4.78 is 11.0. The number of hydrogen-bond donors (Lipinski definition) is 1. The molecule has 1 N–H and O–H groups in total. The van der Waals surface area contributed by atoms with Crippen molar-refractivity contribution in [3.05, 3.63) is 52.9 Å². The lowest BCUT2D eigenvalue weighted by Gasteiger charge is -2.15. The normalized spacial score (nSPS) is 20.8. The molecule has 1 aromatic heterocycles. The van der Waals surface area contributed by atoms with Crippen molar-refractivity contribution in [2.45, 2.75) is 26.0 Å². The third-order valence-corrected chi connectivity index (χ3v) is 4.75. The van der Waals surface area contributed by atoms with Crippen LogP contribution in [0.4, 0.5) is 0 Å². The van der Waals surface area contributed by atoms with Crippen LogP contribution in [0.5, 0.6) is 0 Å². The lowest BCUT2D eigenvalue weighted by atomic mass is 10.0. The van der Waals surface area contributed by atoms with E-state index in [9.17, 15) is 4.79 Å². The second-order valence-electron chi connectivity index (χ2n) is 6.64. The Hall–Kier alpha value is -2.18. The Labute approximate surface area is 148 Å². The molecular formula is C19H25N3O3. The van der Waals surface area contributed by atoms with Crippen LogP contribution in [0.2, 0.25) is 0 Å². The summed E-state index contributed by atoms with van der Waals surface area (Å²) in [5, 5.41) is 6.60. The first-order valence-electron chi connectivity index (χ1n) is 8.57. The summed E-state index contributed by atoms with van der Waals surface area (Å²) in [5.41, 5.74) is 2.79. The molecule has 2 atom stereocenters. The van der Waals surface area contributed by atoms with Crippen LogP contribution in [-0.4, -0.2) is 49.3 Å². The molecule has 1 aliphatic heterocycles. The summed E-state index contributed by atoms with van der Waals surface area (Å²) in [7, 11) is 3.41. The highest BCUT2D eigenvalue weighted by Crippen LogP contribution is 2.25. The van der Waals surface area contributed by atoms with Crippen molar-refractivity contribution in [3.8, 4) is 0 Å². The molecule has 6 heteroatoms. The first kappa shape index (κ1) is 17.6. The summed E-state index contributed by atoms with van der Waals surface area (Å²) >= 11 is 0. The SMILES string of the molecule is CNC(=O)c1ccc(CN2C[C@@H](Cc3cc(C)no3)[C@@H](OC)C2)cc1. The maximum Gasteiger partial charge on any atom is 0.251 e. The Bertz CT molecular complexity index is 711. The minimum atomic E-state index is -0.0606. The van der Waals surface area contributed by atoms with Crippen molar-refractivity contribution in [1.82, 2.24) is 15.4 Å². The Morgan fingerprint density at radius 2 is 2.12 bits per heavy atom. The Kier molecular flexibility index (Phi) is 5.50. The van der Waals surface area contributed by atoms with Gasteiger partial charge in [-0.3, -0.25) is 9.69 Å². The topological polar surface area (TPSA) is 67.6 Å². The van der Waals surface area contributed by atoms with E-state index in [0.717, 1.165) is 37.5 Å². The van der Waals surface area contributed by atoms with Crippen molar-refractivity contribution in [2.24, 2.45) is 5.92 Å². The number of nitrogens with zero attached hydrogens (tertiary/aromatic N) is 2. The van der Waals surface area contributed by atoms with Crippen LogP contribution in [0.3, 0.4) is 0 Å². The lowest BCUT2D eigenvalue weighted by molar-refractivity contribution is 0.0761. The third-order valence-electron chi connectivity index (χ3n) is 4.75. The standard InChI is InChI=1S/C19H25N3O3/c1-13-8-17(25-21-13)9-16-11-22(12-18(16)24-3)10-14-4-6-15(7-5-14)19(23)20-2/h4-8,16,18H,9-12H2,1-3H3,(H,20,23)/t16-,18+/m1/s1. The fraction of sp³-hybridized carbons (Fsp3) is 0.474. The number of carbonyl (C=O) groups is 1. The molecule has 134 valence electrons. The minimum absolute atomic E-state index is 0.0606. The number of nitrogens with one attached hydrogen (secondary N) is 1. The molecule has 0 aliphatic carbocycles. The highest BCUT2D eigenvalue weighted by Gasteiger charge is 2.33. The number of methoxy groups -OCH3 is 1. The van der Waals surface area contributed by atoms with Crippen LogP contribution in [0.15, 0.2) is 34.9 Å². The fourth-order valence-electron chi connectivity index (χ4n) is 3.45. The fourth-order valence-corrected chi connectivity index (χ4v) is 3.45. The maximum absolute atomic E-state index is 11.6. The molecule has 1 amide bonds. The molecule has 1 aliphatic rings. The van der Waals surface area contributed by atoms with Crippen molar-refractivity contribution in [2.75, 3.05) is 27.2 Å². The zero-order chi connectivity index (χ0) is 17.8. The summed E-state index contributed by atoms with van der Waals surface area (Å²) in [6.45, 7) is 4.63. The largest absolute Gasteiger partial charge is 0.380 e. The number of hydrogen-bond acceptors (Lipinski definition) is 5. The molecule has 25 heavy (non-hydrogen) atoms. The van der Waals surface area contributed by atoms with Gasteiger partial charge in [0.05, 0.1) is 11.8 Å². The summed E-state index contributed by atoms with van der Waals surface area (Å²) in [5.74, 6) is 1.25. The zero-order valence-corrected chi connectivity index (χ0v) is 15.0. The smallest absolute Gasteiger partial charge is 0.251 e. The monoisotopic (exact) mass is 343 g/mol. The second kappa shape index (κ2) is 7.80. The summed E-state index contributed by atoms with van der Waals surface area (Å²) in [4.78, 5) is 14.0. The van der Waals surface area contributed by atoms with Gasteiger partial charge >= 0.3 is 0 Å². The van der Waals surface area contributed by atoms with Gasteiger partial charge in [0.25, 0.3) is 5.91 Å². The zero-order valence-electron chi connectivity index (χ0n) is 15.0. The summed E-state index contributed by atoms with van der Waals surface area (Å²) in [6, 6.07) is 9.76. The number of ether oxygens (including phenoxy) is 1. The summed E-state index contributed by atoms with van der Waals surface area (Å²) in [6.07, 6.45) is 1.03. The predicted octanol–water partition coefficient (Wildman–Crippen LogP) is 2.03. The molecule has 2 aromatic rings. The predicted molar refractivity (Wildman–Crippen MR) is 94.3 cm³/mol. The van der Waals surface area contributed by atoms with Gasteiger partial charge in [-0.1, -0.05) is 17.3 Å². The quantitative estimate of drug-likeness (QED) is 0.869. The van der Waals surface area contributed by atoms with E-state index in [2.05, 4.69) is 15.4 Å². The van der Waals surface area contributed by atoms with E-state index in [0.29, 0.717) is 11.5 Å². The van der Waals surface area contributed by atoms with E-state index in [4.69, 9.17) is 9.26 Å². The van der Waals surface area contributed by atoms with Crippen LogP contribution in [0, 0.1) is 12.8 Å². The Morgan fingerprint density at radius 3 is 2.72 bits per heavy atom. The van der Waals surface area contributed by atoms with Crippen molar-refractivity contribution < 1.29 is 14.1 Å².